The molecule has 0 aromatic heterocycles. The Morgan fingerprint density at radius 2 is 0.815 bits per heavy atom. The zero-order valence-electron chi connectivity index (χ0n) is 14.7. The van der Waals surface area contributed by atoms with Crippen LogP contribution in [0.4, 0.5) is 0 Å². The molecule has 0 amide bonds. The van der Waals surface area contributed by atoms with E-state index < -0.39 is 8.38 Å². The van der Waals surface area contributed by atoms with E-state index in [4.69, 9.17) is 9.05 Å². The second kappa shape index (κ2) is 8.53. The van der Waals surface area contributed by atoms with Crippen LogP contribution in [0.15, 0.2) is 115 Å². The first kappa shape index (κ1) is 17.3. The summed E-state index contributed by atoms with van der Waals surface area (Å²) < 4.78 is 12.4. The fourth-order valence-electron chi connectivity index (χ4n) is 2.68. The summed E-state index contributed by atoms with van der Waals surface area (Å²) in [7, 11) is -1.29. The normalized spacial score (nSPS) is 10.6. The third-order valence-electron chi connectivity index (χ3n) is 4.05. The Labute approximate surface area is 161 Å². The average Bonchev–Trinajstić information content (AvgIpc) is 2.76. The van der Waals surface area contributed by atoms with E-state index in [-0.39, 0.29) is 0 Å². The van der Waals surface area contributed by atoms with E-state index in [1.54, 1.807) is 0 Å². The van der Waals surface area contributed by atoms with Gasteiger partial charge >= 0.3 is 8.38 Å². The monoisotopic (exact) mass is 370 g/mol. The lowest BCUT2D eigenvalue weighted by atomic mass is 10.1. The molecule has 0 aliphatic carbocycles. The van der Waals surface area contributed by atoms with Gasteiger partial charge < -0.3 is 9.05 Å². The molecule has 0 heterocycles. The number of hydrogen-bond acceptors (Lipinski definition) is 2. The summed E-state index contributed by atoms with van der Waals surface area (Å²) in [4.78, 5) is 0. The molecule has 0 aliphatic heterocycles. The molecular weight excluding hydrogens is 351 g/mol. The van der Waals surface area contributed by atoms with Crippen molar-refractivity contribution in [1.29, 1.82) is 0 Å². The van der Waals surface area contributed by atoms with Gasteiger partial charge in [-0.15, -0.1) is 0 Å². The second-order valence-electron chi connectivity index (χ2n) is 5.98. The molecular formula is C24H19O2P. The van der Waals surface area contributed by atoms with E-state index in [2.05, 4.69) is 36.4 Å². The Morgan fingerprint density at radius 1 is 0.407 bits per heavy atom. The Bertz CT molecular complexity index is 914. The van der Waals surface area contributed by atoms with Crippen molar-refractivity contribution in [1.82, 2.24) is 0 Å². The third kappa shape index (κ3) is 4.55. The summed E-state index contributed by atoms with van der Waals surface area (Å²) in [5.74, 6) is 1.60. The average molecular weight is 370 g/mol. The number of hydrogen-bond donors (Lipinski definition) is 0. The van der Waals surface area contributed by atoms with Gasteiger partial charge in [-0.25, -0.2) is 0 Å². The molecule has 0 bridgehead atoms. The van der Waals surface area contributed by atoms with Crippen LogP contribution in [0.3, 0.4) is 0 Å². The van der Waals surface area contributed by atoms with Crippen LogP contribution in [-0.4, -0.2) is 0 Å². The van der Waals surface area contributed by atoms with Crippen molar-refractivity contribution >= 4 is 13.7 Å². The maximum atomic E-state index is 6.19. The van der Waals surface area contributed by atoms with Gasteiger partial charge in [0, 0.05) is 0 Å². The molecule has 0 spiro atoms. The first-order valence-electron chi connectivity index (χ1n) is 8.80. The number of para-hydroxylation sites is 2. The van der Waals surface area contributed by atoms with E-state index in [1.807, 2.05) is 78.9 Å². The molecule has 4 rings (SSSR count). The Kier molecular flexibility index (Phi) is 5.47. The molecule has 2 nitrogen and oxygen atoms in total. The molecule has 0 atom stereocenters. The smallest absolute Gasteiger partial charge is 0.326 e. The van der Waals surface area contributed by atoms with Crippen LogP contribution in [0.2, 0.25) is 0 Å². The van der Waals surface area contributed by atoms with Gasteiger partial charge in [-0.05, 0) is 47.5 Å². The van der Waals surface area contributed by atoms with Gasteiger partial charge in [-0.3, -0.25) is 0 Å². The van der Waals surface area contributed by atoms with Crippen molar-refractivity contribution in [2.75, 3.05) is 0 Å². The highest BCUT2D eigenvalue weighted by atomic mass is 31.2. The molecule has 3 heteroatoms. The van der Waals surface area contributed by atoms with Gasteiger partial charge in [0.1, 0.15) is 11.5 Å². The first-order chi connectivity index (χ1) is 13.4. The van der Waals surface area contributed by atoms with Crippen LogP contribution in [0.1, 0.15) is 0 Å². The maximum absolute atomic E-state index is 6.19. The van der Waals surface area contributed by atoms with Crippen LogP contribution in [0.5, 0.6) is 11.5 Å². The summed E-state index contributed by atoms with van der Waals surface area (Å²) >= 11 is 0. The summed E-state index contributed by atoms with van der Waals surface area (Å²) in [5, 5.41) is 1.03. The van der Waals surface area contributed by atoms with Gasteiger partial charge in [0.05, 0.1) is 5.30 Å². The van der Waals surface area contributed by atoms with Crippen LogP contribution in [0, 0.1) is 0 Å². The van der Waals surface area contributed by atoms with Gasteiger partial charge in [0.25, 0.3) is 0 Å². The highest BCUT2D eigenvalue weighted by Crippen LogP contribution is 2.39. The first-order valence-corrected chi connectivity index (χ1v) is 9.98. The van der Waals surface area contributed by atoms with Gasteiger partial charge in [-0.1, -0.05) is 78.9 Å². The van der Waals surface area contributed by atoms with Gasteiger partial charge in [0.2, 0.25) is 0 Å². The Morgan fingerprint density at radius 3 is 1.30 bits per heavy atom. The minimum atomic E-state index is -1.29. The lowest BCUT2D eigenvalue weighted by Crippen LogP contribution is -2.09. The van der Waals surface area contributed by atoms with Crippen molar-refractivity contribution in [2.45, 2.75) is 0 Å². The standard InChI is InChI=1S/C24H19O2P/c1-4-10-20(11-5-1)21-16-18-24(19-17-21)27(25-22-12-6-2-7-13-22)26-23-14-8-3-9-15-23/h1-19H. The van der Waals surface area contributed by atoms with Gasteiger partial charge in [-0.2, -0.15) is 0 Å². The molecule has 132 valence electrons. The summed E-state index contributed by atoms with van der Waals surface area (Å²) in [6.07, 6.45) is 0. The van der Waals surface area contributed by atoms with Crippen molar-refractivity contribution in [2.24, 2.45) is 0 Å². The predicted octanol–water partition coefficient (Wildman–Crippen LogP) is 6.45. The third-order valence-corrected chi connectivity index (χ3v) is 5.52. The molecule has 0 saturated carbocycles. The fourth-order valence-corrected chi connectivity index (χ4v) is 3.95. The van der Waals surface area contributed by atoms with E-state index >= 15 is 0 Å². The lowest BCUT2D eigenvalue weighted by molar-refractivity contribution is 0.502. The van der Waals surface area contributed by atoms with Crippen molar-refractivity contribution in [3.05, 3.63) is 115 Å². The largest absolute Gasteiger partial charge is 0.435 e. The Hall–Kier alpha value is -3.09. The topological polar surface area (TPSA) is 18.5 Å². The summed E-state index contributed by atoms with van der Waals surface area (Å²) in [5.41, 5.74) is 2.37. The maximum Gasteiger partial charge on any atom is 0.326 e. The van der Waals surface area contributed by atoms with Crippen molar-refractivity contribution in [3.8, 4) is 22.6 Å². The molecule has 0 fully saturated rings. The molecule has 0 aliphatic rings. The van der Waals surface area contributed by atoms with Crippen molar-refractivity contribution in [3.63, 3.8) is 0 Å². The quantitative estimate of drug-likeness (QED) is 0.363. The van der Waals surface area contributed by atoms with Gasteiger partial charge in [0.15, 0.2) is 0 Å². The molecule has 0 N–H and O–H groups in total. The van der Waals surface area contributed by atoms with Crippen LogP contribution < -0.4 is 14.4 Å². The van der Waals surface area contributed by atoms with Crippen LogP contribution >= 0.6 is 8.38 Å². The lowest BCUT2D eigenvalue weighted by Gasteiger charge is -2.19. The van der Waals surface area contributed by atoms with E-state index in [9.17, 15) is 0 Å². The Balaban J connectivity index is 1.61. The molecule has 0 saturated heterocycles. The molecule has 0 unspecified atom stereocenters. The molecule has 4 aromatic rings. The number of rotatable bonds is 6. The molecule has 0 radical (unpaired) electrons. The zero-order chi connectivity index (χ0) is 18.3. The summed E-state index contributed by atoms with van der Waals surface area (Å²) in [6, 6.07) is 38.3. The van der Waals surface area contributed by atoms with Crippen LogP contribution in [-0.2, 0) is 0 Å². The van der Waals surface area contributed by atoms with Crippen molar-refractivity contribution < 1.29 is 9.05 Å². The molecule has 4 aromatic carbocycles. The highest BCUT2D eigenvalue weighted by molar-refractivity contribution is 7.56. The minimum Gasteiger partial charge on any atom is -0.435 e. The highest BCUT2D eigenvalue weighted by Gasteiger charge is 2.18. The van der Waals surface area contributed by atoms with E-state index in [0.717, 1.165) is 16.8 Å². The minimum absolute atomic E-state index is 0.798. The van der Waals surface area contributed by atoms with E-state index in [0.29, 0.717) is 0 Å². The summed E-state index contributed by atoms with van der Waals surface area (Å²) in [6.45, 7) is 0. The fraction of sp³-hybridized carbons (Fsp3) is 0. The molecule has 27 heavy (non-hydrogen) atoms. The zero-order valence-corrected chi connectivity index (χ0v) is 15.6. The number of benzene rings is 4. The SMILES string of the molecule is c1ccc(OP(Oc2ccccc2)c2ccc(-c3ccccc3)cc2)cc1. The second-order valence-corrected chi connectivity index (χ2v) is 7.37. The predicted molar refractivity (Wildman–Crippen MR) is 113 cm³/mol. The van der Waals surface area contributed by atoms with E-state index in [1.165, 1.54) is 11.1 Å². The van der Waals surface area contributed by atoms with Crippen LogP contribution in [0.25, 0.3) is 11.1 Å².